The van der Waals surface area contributed by atoms with Crippen molar-refractivity contribution in [2.24, 2.45) is 11.3 Å². The van der Waals surface area contributed by atoms with Crippen molar-refractivity contribution in [2.45, 2.75) is 65.4 Å². The zero-order valence-electron chi connectivity index (χ0n) is 11.1. The largest absolute Gasteiger partial charge is 0.377 e. The predicted octanol–water partition coefficient (Wildman–Crippen LogP) is 4.78. The third-order valence-electron chi connectivity index (χ3n) is 4.42. The van der Waals surface area contributed by atoms with E-state index in [9.17, 15) is 0 Å². The van der Waals surface area contributed by atoms with Crippen molar-refractivity contribution in [1.82, 2.24) is 0 Å². The quantitative estimate of drug-likeness (QED) is 0.640. The minimum absolute atomic E-state index is 0.358. The minimum atomic E-state index is 0.358. The van der Waals surface area contributed by atoms with Gasteiger partial charge in [-0.05, 0) is 31.6 Å². The summed E-state index contributed by atoms with van der Waals surface area (Å²) in [5, 5.41) is 1.06. The van der Waals surface area contributed by atoms with E-state index in [1.165, 1.54) is 38.5 Å². The van der Waals surface area contributed by atoms with Crippen molar-refractivity contribution in [1.29, 1.82) is 0 Å². The summed E-state index contributed by atoms with van der Waals surface area (Å²) in [6.45, 7) is 7.83. The standard InChI is InChI=1S/C14H27BrO/c1-4-14(5-2,10-15)11-16-13-9-7-6-8-12(13)3/h12-13H,4-11H2,1-3H3. The maximum atomic E-state index is 6.20. The van der Waals surface area contributed by atoms with E-state index in [1.807, 2.05) is 0 Å². The highest BCUT2D eigenvalue weighted by Crippen LogP contribution is 2.32. The highest BCUT2D eigenvalue weighted by Gasteiger charge is 2.29. The van der Waals surface area contributed by atoms with Crippen LogP contribution in [-0.2, 0) is 4.74 Å². The van der Waals surface area contributed by atoms with Crippen molar-refractivity contribution in [2.75, 3.05) is 11.9 Å². The predicted molar refractivity (Wildman–Crippen MR) is 74.2 cm³/mol. The summed E-state index contributed by atoms with van der Waals surface area (Å²) in [6.07, 6.45) is 8.30. The Morgan fingerprint density at radius 3 is 2.31 bits per heavy atom. The van der Waals surface area contributed by atoms with E-state index < -0.39 is 0 Å². The maximum absolute atomic E-state index is 6.20. The molecule has 2 unspecified atom stereocenters. The van der Waals surface area contributed by atoms with Crippen molar-refractivity contribution < 1.29 is 4.74 Å². The van der Waals surface area contributed by atoms with Gasteiger partial charge in [0.1, 0.15) is 0 Å². The van der Waals surface area contributed by atoms with E-state index >= 15 is 0 Å². The second-order valence-electron chi connectivity index (χ2n) is 5.45. The molecule has 1 rings (SSSR count). The first kappa shape index (κ1) is 14.5. The average molecular weight is 291 g/mol. The number of hydrogen-bond acceptors (Lipinski definition) is 1. The molecule has 0 amide bonds. The molecule has 0 radical (unpaired) electrons. The zero-order valence-corrected chi connectivity index (χ0v) is 12.7. The molecule has 0 aromatic heterocycles. The van der Waals surface area contributed by atoms with Crippen LogP contribution in [0.2, 0.25) is 0 Å². The molecular formula is C14H27BrO. The van der Waals surface area contributed by atoms with Gasteiger partial charge in [-0.25, -0.2) is 0 Å². The van der Waals surface area contributed by atoms with E-state index in [0.717, 1.165) is 17.9 Å². The Hall–Kier alpha value is 0.440. The Morgan fingerprint density at radius 2 is 1.81 bits per heavy atom. The van der Waals surface area contributed by atoms with E-state index in [4.69, 9.17) is 4.74 Å². The molecule has 96 valence electrons. The summed E-state index contributed by atoms with van der Waals surface area (Å²) in [5.74, 6) is 0.760. The lowest BCUT2D eigenvalue weighted by Crippen LogP contribution is -2.33. The van der Waals surface area contributed by atoms with Gasteiger partial charge in [0.15, 0.2) is 0 Å². The molecule has 1 fully saturated rings. The van der Waals surface area contributed by atoms with Crippen LogP contribution in [0.5, 0.6) is 0 Å². The lowest BCUT2D eigenvalue weighted by atomic mass is 9.84. The smallest absolute Gasteiger partial charge is 0.0600 e. The molecule has 0 aromatic rings. The number of ether oxygens (including phenoxy) is 1. The van der Waals surface area contributed by atoms with Crippen LogP contribution in [0, 0.1) is 11.3 Å². The second kappa shape index (κ2) is 7.00. The lowest BCUT2D eigenvalue weighted by Gasteiger charge is -2.35. The van der Waals surface area contributed by atoms with Crippen LogP contribution in [0.1, 0.15) is 59.3 Å². The second-order valence-corrected chi connectivity index (χ2v) is 6.01. The summed E-state index contributed by atoms with van der Waals surface area (Å²) in [6, 6.07) is 0. The molecule has 0 bridgehead atoms. The summed E-state index contributed by atoms with van der Waals surface area (Å²) >= 11 is 3.65. The molecule has 0 heterocycles. The number of alkyl halides is 1. The molecule has 2 heteroatoms. The Balaban J connectivity index is 2.41. The van der Waals surface area contributed by atoms with Gasteiger partial charge < -0.3 is 4.74 Å². The van der Waals surface area contributed by atoms with Crippen LogP contribution < -0.4 is 0 Å². The molecule has 1 nitrogen and oxygen atoms in total. The van der Waals surface area contributed by atoms with Crippen molar-refractivity contribution >= 4 is 15.9 Å². The molecule has 0 spiro atoms. The van der Waals surface area contributed by atoms with Gasteiger partial charge in [0.2, 0.25) is 0 Å². The van der Waals surface area contributed by atoms with E-state index in [1.54, 1.807) is 0 Å². The normalized spacial score (nSPS) is 27.0. The van der Waals surface area contributed by atoms with Gasteiger partial charge in [-0.2, -0.15) is 0 Å². The van der Waals surface area contributed by atoms with Gasteiger partial charge in [-0.15, -0.1) is 0 Å². The van der Waals surface area contributed by atoms with Crippen LogP contribution >= 0.6 is 15.9 Å². The summed E-state index contributed by atoms with van der Waals surface area (Å²) < 4.78 is 6.20. The summed E-state index contributed by atoms with van der Waals surface area (Å²) in [7, 11) is 0. The number of halogens is 1. The van der Waals surface area contributed by atoms with Gasteiger partial charge in [-0.3, -0.25) is 0 Å². The Bertz CT molecular complexity index is 181. The van der Waals surface area contributed by atoms with Crippen molar-refractivity contribution in [3.8, 4) is 0 Å². The Labute approximate surface area is 109 Å². The molecule has 0 N–H and O–H groups in total. The van der Waals surface area contributed by atoms with E-state index in [-0.39, 0.29) is 0 Å². The molecule has 0 aromatic carbocycles. The fourth-order valence-corrected chi connectivity index (χ4v) is 3.45. The molecule has 0 aliphatic heterocycles. The number of hydrogen-bond donors (Lipinski definition) is 0. The lowest BCUT2D eigenvalue weighted by molar-refractivity contribution is -0.0450. The SMILES string of the molecule is CCC(CC)(CBr)COC1CCCCC1C. The first-order valence-corrected chi connectivity index (χ1v) is 7.97. The molecule has 1 saturated carbocycles. The molecule has 0 saturated heterocycles. The Morgan fingerprint density at radius 1 is 1.19 bits per heavy atom. The molecule has 16 heavy (non-hydrogen) atoms. The Kier molecular flexibility index (Phi) is 6.35. The average Bonchev–Trinajstić information content (AvgIpc) is 2.34. The third-order valence-corrected chi connectivity index (χ3v) is 5.61. The zero-order chi connectivity index (χ0) is 12.0. The molecular weight excluding hydrogens is 264 g/mol. The van der Waals surface area contributed by atoms with Crippen LogP contribution in [0.25, 0.3) is 0 Å². The molecule has 1 aliphatic rings. The summed E-state index contributed by atoms with van der Waals surface area (Å²) in [4.78, 5) is 0. The van der Waals surface area contributed by atoms with Crippen LogP contribution in [0.4, 0.5) is 0 Å². The van der Waals surface area contributed by atoms with Crippen LogP contribution in [0.15, 0.2) is 0 Å². The van der Waals surface area contributed by atoms with Gasteiger partial charge in [-0.1, -0.05) is 49.5 Å². The van der Waals surface area contributed by atoms with Crippen molar-refractivity contribution in [3.63, 3.8) is 0 Å². The molecule has 1 aliphatic carbocycles. The minimum Gasteiger partial charge on any atom is -0.377 e. The maximum Gasteiger partial charge on any atom is 0.0600 e. The summed E-state index contributed by atoms with van der Waals surface area (Å²) in [5.41, 5.74) is 0.358. The first-order chi connectivity index (χ1) is 7.67. The van der Waals surface area contributed by atoms with Gasteiger partial charge >= 0.3 is 0 Å². The van der Waals surface area contributed by atoms with Crippen molar-refractivity contribution in [3.05, 3.63) is 0 Å². The van der Waals surface area contributed by atoms with E-state index in [0.29, 0.717) is 11.5 Å². The highest BCUT2D eigenvalue weighted by atomic mass is 79.9. The number of rotatable bonds is 6. The van der Waals surface area contributed by atoms with Crippen LogP contribution in [-0.4, -0.2) is 18.0 Å². The van der Waals surface area contributed by atoms with Gasteiger partial charge in [0, 0.05) is 10.7 Å². The fraction of sp³-hybridized carbons (Fsp3) is 1.00. The monoisotopic (exact) mass is 290 g/mol. The van der Waals surface area contributed by atoms with Gasteiger partial charge in [0.05, 0.1) is 12.7 Å². The highest BCUT2D eigenvalue weighted by molar-refractivity contribution is 9.09. The van der Waals surface area contributed by atoms with Gasteiger partial charge in [0.25, 0.3) is 0 Å². The molecule has 2 atom stereocenters. The van der Waals surface area contributed by atoms with E-state index in [2.05, 4.69) is 36.7 Å². The first-order valence-electron chi connectivity index (χ1n) is 6.85. The topological polar surface area (TPSA) is 9.23 Å². The third kappa shape index (κ3) is 3.73. The fourth-order valence-electron chi connectivity index (χ4n) is 2.50. The van der Waals surface area contributed by atoms with Crippen LogP contribution in [0.3, 0.4) is 0 Å².